The summed E-state index contributed by atoms with van der Waals surface area (Å²) in [6, 6.07) is 7.17. The molecule has 1 aliphatic rings. The second-order valence-corrected chi connectivity index (χ2v) is 6.27. The van der Waals surface area contributed by atoms with Crippen LogP contribution < -0.4 is 16.6 Å². The minimum Gasteiger partial charge on any atom is -0.351 e. The molecule has 0 bridgehead atoms. The van der Waals surface area contributed by atoms with E-state index >= 15 is 0 Å². The van der Waals surface area contributed by atoms with Crippen LogP contribution in [0.2, 0.25) is 0 Å². The van der Waals surface area contributed by atoms with Crippen LogP contribution in [-0.4, -0.2) is 23.5 Å². The number of rotatable bonds is 5. The summed E-state index contributed by atoms with van der Waals surface area (Å²) < 4.78 is 0.244. The van der Waals surface area contributed by atoms with Crippen LogP contribution in [0.4, 0.5) is 5.69 Å². The minimum atomic E-state index is -0.0103. The summed E-state index contributed by atoms with van der Waals surface area (Å²) in [5.74, 6) is 5.29. The molecule has 1 aromatic rings. The van der Waals surface area contributed by atoms with Gasteiger partial charge in [0, 0.05) is 22.5 Å². The van der Waals surface area contributed by atoms with Gasteiger partial charge in [0.2, 0.25) is 0 Å². The summed E-state index contributed by atoms with van der Waals surface area (Å²) in [6.07, 6.45) is 7.08. The third kappa shape index (κ3) is 3.42. The van der Waals surface area contributed by atoms with Crippen molar-refractivity contribution in [2.24, 2.45) is 5.84 Å². The summed E-state index contributed by atoms with van der Waals surface area (Å²) in [5, 5.41) is 3.06. The fraction of sp³-hybridized carbons (Fsp3) is 0.500. The van der Waals surface area contributed by atoms with Crippen LogP contribution in [0.15, 0.2) is 24.3 Å². The van der Waals surface area contributed by atoms with Crippen LogP contribution in [0.3, 0.4) is 0 Å². The molecule has 2 rings (SSSR count). The third-order valence-electron chi connectivity index (χ3n) is 3.83. The fourth-order valence-electron chi connectivity index (χ4n) is 2.53. The fourth-order valence-corrected chi connectivity index (χ4v) is 3.45. The summed E-state index contributed by atoms with van der Waals surface area (Å²) in [5.41, 5.74) is 4.02. The van der Waals surface area contributed by atoms with Gasteiger partial charge in [-0.15, -0.1) is 0 Å². The van der Waals surface area contributed by atoms with E-state index in [-0.39, 0.29) is 10.7 Å². The van der Waals surface area contributed by atoms with E-state index in [4.69, 9.17) is 5.84 Å². The zero-order valence-corrected chi connectivity index (χ0v) is 12.1. The number of nitrogens with one attached hydrogen (secondary N) is 2. The molecule has 1 aromatic carbocycles. The second-order valence-electron chi connectivity index (χ2n) is 5.00. The lowest BCUT2D eigenvalue weighted by Gasteiger charge is -2.26. The minimum absolute atomic E-state index is 0.0103. The molecule has 5 heteroatoms. The normalized spacial score (nSPS) is 17.2. The van der Waals surface area contributed by atoms with E-state index in [1.807, 2.05) is 11.8 Å². The topological polar surface area (TPSA) is 67.2 Å². The highest BCUT2D eigenvalue weighted by molar-refractivity contribution is 8.00. The highest BCUT2D eigenvalue weighted by atomic mass is 32.2. The molecule has 1 aliphatic carbocycles. The number of nitrogen functional groups attached to an aromatic ring is 1. The van der Waals surface area contributed by atoms with Crippen molar-refractivity contribution in [2.45, 2.75) is 30.4 Å². The molecule has 0 spiro atoms. The highest BCUT2D eigenvalue weighted by Gasteiger charge is 2.33. The highest BCUT2D eigenvalue weighted by Crippen LogP contribution is 2.39. The van der Waals surface area contributed by atoms with E-state index in [1.54, 1.807) is 24.3 Å². The van der Waals surface area contributed by atoms with Crippen LogP contribution >= 0.6 is 11.8 Å². The number of hydrazine groups is 1. The molecule has 1 saturated carbocycles. The molecule has 0 heterocycles. The zero-order chi connectivity index (χ0) is 13.7. The molecule has 0 atom stereocenters. The first-order valence-corrected chi connectivity index (χ1v) is 7.82. The first-order chi connectivity index (χ1) is 9.19. The number of benzene rings is 1. The molecule has 0 radical (unpaired) electrons. The smallest absolute Gasteiger partial charge is 0.251 e. The van der Waals surface area contributed by atoms with E-state index in [2.05, 4.69) is 17.0 Å². The van der Waals surface area contributed by atoms with E-state index in [0.717, 1.165) is 12.2 Å². The molecule has 19 heavy (non-hydrogen) atoms. The molecule has 4 nitrogen and oxygen atoms in total. The summed E-state index contributed by atoms with van der Waals surface area (Å²) in [6.45, 7) is 0.754. The number of thioether (sulfide) groups is 1. The zero-order valence-electron chi connectivity index (χ0n) is 11.2. The van der Waals surface area contributed by atoms with Crippen molar-refractivity contribution >= 4 is 23.4 Å². The van der Waals surface area contributed by atoms with Crippen molar-refractivity contribution < 1.29 is 4.79 Å². The number of carbonyl (C=O) groups is 1. The maximum Gasteiger partial charge on any atom is 0.251 e. The van der Waals surface area contributed by atoms with E-state index in [1.165, 1.54) is 25.7 Å². The van der Waals surface area contributed by atoms with Gasteiger partial charge in [-0.1, -0.05) is 12.8 Å². The van der Waals surface area contributed by atoms with Crippen molar-refractivity contribution in [1.29, 1.82) is 0 Å². The molecular weight excluding hydrogens is 258 g/mol. The molecule has 0 aliphatic heterocycles. The quantitative estimate of drug-likeness (QED) is 0.572. The van der Waals surface area contributed by atoms with Crippen molar-refractivity contribution in [1.82, 2.24) is 5.32 Å². The second kappa shape index (κ2) is 6.30. The van der Waals surface area contributed by atoms with Gasteiger partial charge in [0.15, 0.2) is 0 Å². The molecule has 0 saturated heterocycles. The number of amides is 1. The van der Waals surface area contributed by atoms with Gasteiger partial charge in [-0.25, -0.2) is 0 Å². The van der Waals surface area contributed by atoms with Crippen molar-refractivity contribution in [3.63, 3.8) is 0 Å². The van der Waals surface area contributed by atoms with Gasteiger partial charge >= 0.3 is 0 Å². The predicted octanol–water partition coefficient (Wildman–Crippen LogP) is 2.38. The van der Waals surface area contributed by atoms with Crippen molar-refractivity contribution in [3.05, 3.63) is 29.8 Å². The lowest BCUT2D eigenvalue weighted by atomic mass is 10.1. The van der Waals surface area contributed by atoms with Gasteiger partial charge in [-0.05, 0) is 43.4 Å². The lowest BCUT2D eigenvalue weighted by Crippen LogP contribution is -2.38. The summed E-state index contributed by atoms with van der Waals surface area (Å²) in [4.78, 5) is 12.1. The Kier molecular flexibility index (Phi) is 4.71. The van der Waals surface area contributed by atoms with Crippen LogP contribution in [0.25, 0.3) is 0 Å². The SMILES string of the molecule is CSC1(CNC(=O)c2ccc(NN)cc2)CCCC1. The first kappa shape index (κ1) is 14.2. The Hall–Kier alpha value is -1.20. The first-order valence-electron chi connectivity index (χ1n) is 6.59. The third-order valence-corrected chi connectivity index (χ3v) is 5.25. The average molecular weight is 279 g/mol. The van der Waals surface area contributed by atoms with Crippen LogP contribution in [0.1, 0.15) is 36.0 Å². The summed E-state index contributed by atoms with van der Waals surface area (Å²) in [7, 11) is 0. The van der Waals surface area contributed by atoms with Gasteiger partial charge in [0.25, 0.3) is 5.91 Å². The van der Waals surface area contributed by atoms with E-state index in [9.17, 15) is 4.79 Å². The Morgan fingerprint density at radius 3 is 2.47 bits per heavy atom. The van der Waals surface area contributed by atoms with Gasteiger partial charge in [0.1, 0.15) is 0 Å². The molecule has 1 fully saturated rings. The molecule has 104 valence electrons. The summed E-state index contributed by atoms with van der Waals surface area (Å²) >= 11 is 1.88. The maximum absolute atomic E-state index is 12.1. The monoisotopic (exact) mass is 279 g/mol. The standard InChI is InChI=1S/C14H21N3OS/c1-19-14(8-2-3-9-14)10-16-13(18)11-4-6-12(17-15)7-5-11/h4-7,17H,2-3,8-10,15H2,1H3,(H,16,18). The average Bonchev–Trinajstić information content (AvgIpc) is 2.94. The predicted molar refractivity (Wildman–Crippen MR) is 81.3 cm³/mol. The number of carbonyl (C=O) groups excluding carboxylic acids is 1. The van der Waals surface area contributed by atoms with Crippen LogP contribution in [-0.2, 0) is 0 Å². The molecule has 1 amide bonds. The van der Waals surface area contributed by atoms with Gasteiger partial charge in [-0.3, -0.25) is 10.6 Å². The maximum atomic E-state index is 12.1. The Balaban J connectivity index is 1.93. The lowest BCUT2D eigenvalue weighted by molar-refractivity contribution is 0.0949. The number of anilines is 1. The van der Waals surface area contributed by atoms with Crippen LogP contribution in [0.5, 0.6) is 0 Å². The Labute approximate surface area is 118 Å². The molecule has 0 aromatic heterocycles. The Morgan fingerprint density at radius 2 is 1.95 bits per heavy atom. The Bertz CT molecular complexity index is 427. The number of hydrogen-bond acceptors (Lipinski definition) is 4. The molecular formula is C14H21N3OS. The van der Waals surface area contributed by atoms with Gasteiger partial charge < -0.3 is 10.7 Å². The number of hydrogen-bond donors (Lipinski definition) is 3. The Morgan fingerprint density at radius 1 is 1.32 bits per heavy atom. The molecule has 0 unspecified atom stereocenters. The van der Waals surface area contributed by atoms with Crippen molar-refractivity contribution in [3.8, 4) is 0 Å². The van der Waals surface area contributed by atoms with E-state index < -0.39 is 0 Å². The van der Waals surface area contributed by atoms with Crippen molar-refractivity contribution in [2.75, 3.05) is 18.2 Å². The number of nitrogens with two attached hydrogens (primary N) is 1. The van der Waals surface area contributed by atoms with Gasteiger partial charge in [0.05, 0.1) is 0 Å². The van der Waals surface area contributed by atoms with Gasteiger partial charge in [-0.2, -0.15) is 11.8 Å². The van der Waals surface area contributed by atoms with E-state index in [0.29, 0.717) is 5.56 Å². The molecule has 4 N–H and O–H groups in total. The van der Waals surface area contributed by atoms with Crippen LogP contribution in [0, 0.1) is 0 Å². The largest absolute Gasteiger partial charge is 0.351 e.